The second-order valence-corrected chi connectivity index (χ2v) is 4.83. The van der Waals surface area contributed by atoms with Gasteiger partial charge in [-0.05, 0) is 11.5 Å². The Morgan fingerprint density at radius 1 is 1.25 bits per heavy atom. The van der Waals surface area contributed by atoms with Crippen molar-refractivity contribution < 1.29 is 9.59 Å². The fraction of sp³-hybridized carbons (Fsp3) is 0.267. The van der Waals surface area contributed by atoms with E-state index >= 15 is 0 Å². The van der Waals surface area contributed by atoms with E-state index in [9.17, 15) is 9.59 Å². The van der Waals surface area contributed by atoms with Crippen LogP contribution in [0.4, 0.5) is 0 Å². The molecule has 4 N–H and O–H groups in total. The van der Waals surface area contributed by atoms with Crippen LogP contribution in [0.5, 0.6) is 0 Å². The lowest BCUT2D eigenvalue weighted by Crippen LogP contribution is -2.29. The molecular formula is C15H17N3O2. The molecule has 0 heterocycles. The molecule has 1 aliphatic rings. The molecule has 20 heavy (non-hydrogen) atoms. The molecule has 1 aromatic carbocycles. The number of hydrogen-bond donors (Lipinski definition) is 3. The lowest BCUT2D eigenvalue weighted by atomic mass is 9.80. The zero-order chi connectivity index (χ0) is 14.5. The second kappa shape index (κ2) is 6.14. The van der Waals surface area contributed by atoms with E-state index in [0.29, 0.717) is 12.8 Å². The molecule has 1 fully saturated rings. The van der Waals surface area contributed by atoms with Gasteiger partial charge in [-0.15, -0.1) is 0 Å². The van der Waals surface area contributed by atoms with Gasteiger partial charge in [0.15, 0.2) is 11.6 Å². The summed E-state index contributed by atoms with van der Waals surface area (Å²) < 4.78 is 0. The zero-order valence-electron chi connectivity index (χ0n) is 11.1. The summed E-state index contributed by atoms with van der Waals surface area (Å²) in [4.78, 5) is 24.1. The maximum Gasteiger partial charge on any atom is 0.168 e. The van der Waals surface area contributed by atoms with Crippen LogP contribution < -0.4 is 11.1 Å². The van der Waals surface area contributed by atoms with E-state index < -0.39 is 0 Å². The Morgan fingerprint density at radius 2 is 1.85 bits per heavy atom. The van der Waals surface area contributed by atoms with Crippen molar-refractivity contribution in [1.29, 1.82) is 5.41 Å². The average Bonchev–Trinajstić information content (AvgIpc) is 2.42. The second-order valence-electron chi connectivity index (χ2n) is 4.83. The van der Waals surface area contributed by atoms with Crippen molar-refractivity contribution in [2.45, 2.75) is 18.8 Å². The third-order valence-corrected chi connectivity index (χ3v) is 3.27. The number of ketones is 2. The van der Waals surface area contributed by atoms with Gasteiger partial charge in [0.2, 0.25) is 0 Å². The van der Waals surface area contributed by atoms with Crippen molar-refractivity contribution in [3.05, 3.63) is 47.7 Å². The number of allylic oxidation sites excluding steroid dienone is 1. The highest BCUT2D eigenvalue weighted by Gasteiger charge is 2.31. The molecule has 2 rings (SSSR count). The van der Waals surface area contributed by atoms with E-state index in [1.807, 2.05) is 30.3 Å². The lowest BCUT2D eigenvalue weighted by Gasteiger charge is -2.22. The van der Waals surface area contributed by atoms with Crippen LogP contribution in [-0.4, -0.2) is 23.9 Å². The number of nitrogens with two attached hydrogens (primary N) is 1. The summed E-state index contributed by atoms with van der Waals surface area (Å²) in [5.74, 6) is -0.404. The minimum atomic E-state index is -0.161. The number of nitrogens with one attached hydrogen (secondary N) is 2. The van der Waals surface area contributed by atoms with Crippen molar-refractivity contribution >= 4 is 17.4 Å². The van der Waals surface area contributed by atoms with Crippen LogP contribution in [0.1, 0.15) is 24.3 Å². The molecule has 0 saturated heterocycles. The van der Waals surface area contributed by atoms with Crippen molar-refractivity contribution in [1.82, 2.24) is 5.32 Å². The number of carbonyl (C=O) groups excluding carboxylic acids is 2. The van der Waals surface area contributed by atoms with Gasteiger partial charge < -0.3 is 11.1 Å². The highest BCUT2D eigenvalue weighted by Crippen LogP contribution is 2.31. The minimum absolute atomic E-state index is 0.0406. The first kappa shape index (κ1) is 14.0. The monoisotopic (exact) mass is 271 g/mol. The van der Waals surface area contributed by atoms with Crippen LogP contribution in [-0.2, 0) is 9.59 Å². The Bertz CT molecular complexity index is 544. The molecule has 5 nitrogen and oxygen atoms in total. The molecule has 0 radical (unpaired) electrons. The van der Waals surface area contributed by atoms with Crippen LogP contribution in [0.2, 0.25) is 0 Å². The topological polar surface area (TPSA) is 96.0 Å². The molecule has 0 spiro atoms. The Balaban J connectivity index is 2.07. The number of carbonyl (C=O) groups is 2. The van der Waals surface area contributed by atoms with Crippen molar-refractivity contribution in [2.24, 2.45) is 5.73 Å². The third kappa shape index (κ3) is 3.32. The summed E-state index contributed by atoms with van der Waals surface area (Å²) in [5.41, 5.74) is 6.39. The molecule has 5 heteroatoms. The summed E-state index contributed by atoms with van der Waals surface area (Å²) in [6, 6.07) is 9.60. The fourth-order valence-corrected chi connectivity index (χ4v) is 2.28. The van der Waals surface area contributed by atoms with Gasteiger partial charge in [-0.25, -0.2) is 0 Å². The van der Waals surface area contributed by atoms with Gasteiger partial charge in [0.25, 0.3) is 0 Å². The molecule has 1 aliphatic carbocycles. The highest BCUT2D eigenvalue weighted by molar-refractivity contribution is 6.22. The van der Waals surface area contributed by atoms with Crippen LogP contribution in [0.3, 0.4) is 0 Å². The Labute approximate surface area is 117 Å². The summed E-state index contributed by atoms with van der Waals surface area (Å²) in [7, 11) is 0. The van der Waals surface area contributed by atoms with Gasteiger partial charge in [-0.2, -0.15) is 0 Å². The van der Waals surface area contributed by atoms with Crippen LogP contribution in [0.25, 0.3) is 0 Å². The predicted octanol–water partition coefficient (Wildman–Crippen LogP) is 1.11. The zero-order valence-corrected chi connectivity index (χ0v) is 11.1. The molecular weight excluding hydrogens is 254 g/mol. The standard InChI is InChI=1S/C15H17N3O2/c16-15(17)9-18-8-12-13(19)6-11(7-14(12)20)10-4-2-1-3-5-10/h1-5,8,11,18H,6-7,9H2,(H3,16,17). The summed E-state index contributed by atoms with van der Waals surface area (Å²) in [6.07, 6.45) is 2.06. The van der Waals surface area contributed by atoms with Gasteiger partial charge in [-0.3, -0.25) is 15.0 Å². The van der Waals surface area contributed by atoms with Crippen LogP contribution in [0, 0.1) is 5.41 Å². The smallest absolute Gasteiger partial charge is 0.168 e. The van der Waals surface area contributed by atoms with Gasteiger partial charge >= 0.3 is 0 Å². The van der Waals surface area contributed by atoms with Crippen molar-refractivity contribution in [3.63, 3.8) is 0 Å². The summed E-state index contributed by atoms with van der Waals surface area (Å²) in [5, 5.41) is 9.79. The highest BCUT2D eigenvalue weighted by atomic mass is 16.1. The van der Waals surface area contributed by atoms with E-state index in [1.165, 1.54) is 6.20 Å². The fourth-order valence-electron chi connectivity index (χ4n) is 2.28. The Morgan fingerprint density at radius 3 is 2.40 bits per heavy atom. The maximum atomic E-state index is 12.1. The Hall–Kier alpha value is -2.43. The number of Topliss-reactive ketones (excluding diaryl/α,β-unsaturated/α-hetero) is 2. The first-order valence-electron chi connectivity index (χ1n) is 6.45. The number of benzene rings is 1. The first-order chi connectivity index (χ1) is 9.58. The summed E-state index contributed by atoms with van der Waals surface area (Å²) >= 11 is 0. The number of rotatable bonds is 4. The molecule has 1 saturated carbocycles. The van der Waals surface area contributed by atoms with E-state index in [-0.39, 0.29) is 35.4 Å². The van der Waals surface area contributed by atoms with Gasteiger partial charge in [0.1, 0.15) is 5.84 Å². The van der Waals surface area contributed by atoms with Gasteiger partial charge in [-0.1, -0.05) is 30.3 Å². The average molecular weight is 271 g/mol. The van der Waals surface area contributed by atoms with Gasteiger partial charge in [0, 0.05) is 19.0 Å². The van der Waals surface area contributed by atoms with Crippen LogP contribution in [0.15, 0.2) is 42.1 Å². The first-order valence-corrected chi connectivity index (χ1v) is 6.45. The van der Waals surface area contributed by atoms with Gasteiger partial charge in [0.05, 0.1) is 12.1 Å². The Kier molecular flexibility index (Phi) is 4.30. The van der Waals surface area contributed by atoms with E-state index in [0.717, 1.165) is 5.56 Å². The normalized spacial score (nSPS) is 18.8. The van der Waals surface area contributed by atoms with E-state index in [1.54, 1.807) is 0 Å². The largest absolute Gasteiger partial charge is 0.386 e. The number of amidine groups is 1. The molecule has 0 bridgehead atoms. The molecule has 0 unspecified atom stereocenters. The molecule has 1 aromatic rings. The lowest BCUT2D eigenvalue weighted by molar-refractivity contribution is -0.124. The van der Waals surface area contributed by atoms with Crippen LogP contribution >= 0.6 is 0 Å². The SMILES string of the molecule is N=C(N)CNC=C1C(=O)CC(c2ccccc2)CC1=O. The molecule has 0 amide bonds. The molecule has 0 aliphatic heterocycles. The van der Waals surface area contributed by atoms with Crippen molar-refractivity contribution in [2.75, 3.05) is 6.54 Å². The third-order valence-electron chi connectivity index (χ3n) is 3.27. The van der Waals surface area contributed by atoms with E-state index in [4.69, 9.17) is 11.1 Å². The molecule has 0 aromatic heterocycles. The molecule has 104 valence electrons. The maximum absolute atomic E-state index is 12.1. The number of hydrogen-bond acceptors (Lipinski definition) is 4. The predicted molar refractivity (Wildman–Crippen MR) is 76.4 cm³/mol. The van der Waals surface area contributed by atoms with E-state index in [2.05, 4.69) is 5.32 Å². The van der Waals surface area contributed by atoms with Crippen molar-refractivity contribution in [3.8, 4) is 0 Å². The quantitative estimate of drug-likeness (QED) is 0.331. The minimum Gasteiger partial charge on any atom is -0.386 e. The summed E-state index contributed by atoms with van der Waals surface area (Å²) in [6.45, 7) is 0.131. The molecule has 0 atom stereocenters.